The zero-order valence-electron chi connectivity index (χ0n) is 13.3. The molecule has 0 saturated heterocycles. The molecule has 0 amide bonds. The number of hydrogen-bond acceptors (Lipinski definition) is 5. The fourth-order valence-corrected chi connectivity index (χ4v) is 2.42. The summed E-state index contributed by atoms with van der Waals surface area (Å²) in [6.07, 6.45) is 0. The zero-order valence-corrected chi connectivity index (χ0v) is 13.3. The van der Waals surface area contributed by atoms with E-state index in [1.54, 1.807) is 19.1 Å². The van der Waals surface area contributed by atoms with Crippen LogP contribution >= 0.6 is 0 Å². The van der Waals surface area contributed by atoms with E-state index in [0.717, 1.165) is 22.4 Å². The SMILES string of the molecule is CCOC(=O)c1cccc(Nc2nc(C)nc3[nH]c(C)cc23)c1. The molecule has 0 atom stereocenters. The van der Waals surface area contributed by atoms with Crippen LogP contribution in [0.5, 0.6) is 0 Å². The van der Waals surface area contributed by atoms with Gasteiger partial charge in [-0.1, -0.05) is 6.07 Å². The van der Waals surface area contributed by atoms with Crippen molar-refractivity contribution in [3.8, 4) is 0 Å². The number of fused-ring (bicyclic) bond motifs is 1. The molecule has 23 heavy (non-hydrogen) atoms. The minimum atomic E-state index is -0.336. The second kappa shape index (κ2) is 6.08. The van der Waals surface area contributed by atoms with Gasteiger partial charge in [0, 0.05) is 11.4 Å². The highest BCUT2D eigenvalue weighted by atomic mass is 16.5. The molecule has 0 aliphatic rings. The Labute approximate surface area is 133 Å². The van der Waals surface area contributed by atoms with Gasteiger partial charge in [0.05, 0.1) is 17.6 Å². The molecule has 0 spiro atoms. The van der Waals surface area contributed by atoms with Gasteiger partial charge >= 0.3 is 5.97 Å². The molecule has 0 aliphatic carbocycles. The highest BCUT2D eigenvalue weighted by Crippen LogP contribution is 2.25. The summed E-state index contributed by atoms with van der Waals surface area (Å²) < 4.78 is 5.03. The average molecular weight is 310 g/mol. The highest BCUT2D eigenvalue weighted by Gasteiger charge is 2.11. The quantitative estimate of drug-likeness (QED) is 0.721. The molecule has 2 heterocycles. The number of benzene rings is 1. The molecule has 6 nitrogen and oxygen atoms in total. The van der Waals surface area contributed by atoms with E-state index < -0.39 is 0 Å². The Hall–Kier alpha value is -2.89. The standard InChI is InChI=1S/C17H18N4O2/c1-4-23-17(22)12-6-5-7-13(9-12)21-16-14-8-10(2)18-15(14)19-11(3)20-16/h5-9H,4H2,1-3H3,(H2,18,19,20,21). The normalized spacial score (nSPS) is 10.7. The van der Waals surface area contributed by atoms with Gasteiger partial charge in [-0.15, -0.1) is 0 Å². The molecule has 0 saturated carbocycles. The van der Waals surface area contributed by atoms with Gasteiger partial charge in [-0.3, -0.25) is 0 Å². The molecule has 0 radical (unpaired) electrons. The van der Waals surface area contributed by atoms with Crippen LogP contribution in [0.15, 0.2) is 30.3 Å². The van der Waals surface area contributed by atoms with E-state index in [1.165, 1.54) is 0 Å². The lowest BCUT2D eigenvalue weighted by Gasteiger charge is -2.09. The summed E-state index contributed by atoms with van der Waals surface area (Å²) in [5.41, 5.74) is 3.08. The Kier molecular flexibility index (Phi) is 3.97. The molecule has 0 aliphatic heterocycles. The van der Waals surface area contributed by atoms with Crippen LogP contribution in [0.1, 0.15) is 28.8 Å². The number of H-pyrrole nitrogens is 1. The Morgan fingerprint density at radius 3 is 2.87 bits per heavy atom. The molecule has 1 aromatic carbocycles. The van der Waals surface area contributed by atoms with Crippen LogP contribution in [0.3, 0.4) is 0 Å². The van der Waals surface area contributed by atoms with Gasteiger partial charge in [0.2, 0.25) is 0 Å². The summed E-state index contributed by atoms with van der Waals surface area (Å²) in [7, 11) is 0. The van der Waals surface area contributed by atoms with Crippen molar-refractivity contribution in [2.24, 2.45) is 0 Å². The van der Waals surface area contributed by atoms with Crippen molar-refractivity contribution in [3.63, 3.8) is 0 Å². The van der Waals surface area contributed by atoms with E-state index in [1.807, 2.05) is 32.0 Å². The number of ether oxygens (including phenoxy) is 1. The number of aryl methyl sites for hydroxylation is 2. The summed E-state index contributed by atoms with van der Waals surface area (Å²) in [4.78, 5) is 23.9. The number of aromatic nitrogens is 3. The third-order valence-electron chi connectivity index (χ3n) is 3.37. The van der Waals surface area contributed by atoms with E-state index in [9.17, 15) is 4.79 Å². The summed E-state index contributed by atoms with van der Waals surface area (Å²) in [5.74, 6) is 1.04. The van der Waals surface area contributed by atoms with E-state index >= 15 is 0 Å². The van der Waals surface area contributed by atoms with Gasteiger partial charge in [0.25, 0.3) is 0 Å². The van der Waals surface area contributed by atoms with Crippen molar-refractivity contribution < 1.29 is 9.53 Å². The molecule has 0 unspecified atom stereocenters. The second-order valence-electron chi connectivity index (χ2n) is 5.26. The molecular weight excluding hydrogens is 292 g/mol. The average Bonchev–Trinajstić information content (AvgIpc) is 2.88. The lowest BCUT2D eigenvalue weighted by atomic mass is 10.2. The number of anilines is 2. The van der Waals surface area contributed by atoms with E-state index in [4.69, 9.17) is 4.74 Å². The lowest BCUT2D eigenvalue weighted by molar-refractivity contribution is 0.0526. The van der Waals surface area contributed by atoms with Crippen LogP contribution in [-0.4, -0.2) is 27.5 Å². The van der Waals surface area contributed by atoms with Crippen LogP contribution in [0.2, 0.25) is 0 Å². The molecule has 2 aromatic heterocycles. The maximum atomic E-state index is 11.8. The van der Waals surface area contributed by atoms with Crippen LogP contribution in [0.25, 0.3) is 11.0 Å². The Bertz CT molecular complexity index is 870. The maximum absolute atomic E-state index is 11.8. The fraction of sp³-hybridized carbons (Fsp3) is 0.235. The van der Waals surface area contributed by atoms with Crippen LogP contribution < -0.4 is 5.32 Å². The smallest absolute Gasteiger partial charge is 0.338 e. The molecular formula is C17H18N4O2. The first kappa shape index (κ1) is 15.0. The third kappa shape index (κ3) is 3.15. The Balaban J connectivity index is 1.96. The first-order chi connectivity index (χ1) is 11.1. The number of aromatic amines is 1. The predicted molar refractivity (Wildman–Crippen MR) is 89.0 cm³/mol. The van der Waals surface area contributed by atoms with Gasteiger partial charge in [0.1, 0.15) is 17.3 Å². The number of esters is 1. The highest BCUT2D eigenvalue weighted by molar-refractivity contribution is 5.92. The largest absolute Gasteiger partial charge is 0.462 e. The number of nitrogens with one attached hydrogen (secondary N) is 2. The summed E-state index contributed by atoms with van der Waals surface area (Å²) in [5, 5.41) is 4.17. The summed E-state index contributed by atoms with van der Waals surface area (Å²) in [6.45, 7) is 5.96. The van der Waals surface area contributed by atoms with Crippen LogP contribution in [0, 0.1) is 13.8 Å². The first-order valence-corrected chi connectivity index (χ1v) is 7.45. The van der Waals surface area contributed by atoms with Crippen molar-refractivity contribution in [1.29, 1.82) is 0 Å². The molecule has 0 fully saturated rings. The van der Waals surface area contributed by atoms with Crippen molar-refractivity contribution in [3.05, 3.63) is 47.4 Å². The number of rotatable bonds is 4. The Morgan fingerprint density at radius 2 is 2.09 bits per heavy atom. The number of carbonyl (C=O) groups is 1. The molecule has 3 aromatic rings. The van der Waals surface area contributed by atoms with Gasteiger partial charge in [-0.05, 0) is 45.0 Å². The van der Waals surface area contributed by atoms with Crippen molar-refractivity contribution in [1.82, 2.24) is 15.0 Å². The van der Waals surface area contributed by atoms with E-state index in [-0.39, 0.29) is 5.97 Å². The van der Waals surface area contributed by atoms with Gasteiger partial charge < -0.3 is 15.0 Å². The van der Waals surface area contributed by atoms with E-state index in [2.05, 4.69) is 20.3 Å². The minimum absolute atomic E-state index is 0.336. The molecule has 3 rings (SSSR count). The summed E-state index contributed by atoms with van der Waals surface area (Å²) >= 11 is 0. The number of carbonyl (C=O) groups excluding carboxylic acids is 1. The molecule has 0 bridgehead atoms. The maximum Gasteiger partial charge on any atom is 0.338 e. The Morgan fingerprint density at radius 1 is 1.26 bits per heavy atom. The second-order valence-corrected chi connectivity index (χ2v) is 5.26. The zero-order chi connectivity index (χ0) is 16.4. The number of nitrogens with zero attached hydrogens (tertiary/aromatic N) is 2. The monoisotopic (exact) mass is 310 g/mol. The predicted octanol–water partition coefficient (Wildman–Crippen LogP) is 3.50. The molecule has 6 heteroatoms. The minimum Gasteiger partial charge on any atom is -0.462 e. The van der Waals surface area contributed by atoms with E-state index in [0.29, 0.717) is 23.8 Å². The van der Waals surface area contributed by atoms with Crippen molar-refractivity contribution >= 4 is 28.5 Å². The van der Waals surface area contributed by atoms with Crippen LogP contribution in [0.4, 0.5) is 11.5 Å². The molecule has 2 N–H and O–H groups in total. The van der Waals surface area contributed by atoms with Gasteiger partial charge in [-0.25, -0.2) is 14.8 Å². The van der Waals surface area contributed by atoms with Crippen molar-refractivity contribution in [2.45, 2.75) is 20.8 Å². The topological polar surface area (TPSA) is 79.9 Å². The van der Waals surface area contributed by atoms with Crippen molar-refractivity contribution in [2.75, 3.05) is 11.9 Å². The lowest BCUT2D eigenvalue weighted by Crippen LogP contribution is -2.05. The fourth-order valence-electron chi connectivity index (χ4n) is 2.42. The first-order valence-electron chi connectivity index (χ1n) is 7.45. The van der Waals surface area contributed by atoms with Crippen LogP contribution in [-0.2, 0) is 4.74 Å². The third-order valence-corrected chi connectivity index (χ3v) is 3.37. The van der Waals surface area contributed by atoms with Gasteiger partial charge in [0.15, 0.2) is 0 Å². The van der Waals surface area contributed by atoms with Gasteiger partial charge in [-0.2, -0.15) is 0 Å². The summed E-state index contributed by atoms with van der Waals surface area (Å²) in [6, 6.07) is 9.16. The number of hydrogen-bond donors (Lipinski definition) is 2. The molecule has 118 valence electrons.